The summed E-state index contributed by atoms with van der Waals surface area (Å²) in [6, 6.07) is -3.55. The Morgan fingerprint density at radius 1 is 0.537 bits per heavy atom. The number of amides is 3. The van der Waals surface area contributed by atoms with Crippen LogP contribution in [0.15, 0.2) is 17.1 Å². The molecule has 0 bridgehead atoms. The Hall–Kier alpha value is -2.63. The summed E-state index contributed by atoms with van der Waals surface area (Å²) in [5, 5.41) is 0. The molecule has 0 spiro atoms. The van der Waals surface area contributed by atoms with Crippen LogP contribution in [0.3, 0.4) is 0 Å². The Morgan fingerprint density at radius 3 is 1.30 bits per heavy atom. The minimum absolute atomic E-state index is 0.0554. The maximum absolute atomic E-state index is 13.5. The number of Topliss-reactive ketones (excluding diaryl/α,β-unsaturated/α-hetero) is 1. The quantitative estimate of drug-likeness (QED) is 0.0179. The van der Waals surface area contributed by atoms with Crippen molar-refractivity contribution in [1.29, 1.82) is 0 Å². The van der Waals surface area contributed by atoms with E-state index in [1.54, 1.807) is 0 Å². The second kappa shape index (κ2) is 36.0. The van der Waals surface area contributed by atoms with Crippen molar-refractivity contribution in [2.75, 3.05) is 6.54 Å². The monoisotopic (exact) mass is 762 g/mol. The highest BCUT2D eigenvalue weighted by Crippen LogP contribution is 2.16. The van der Waals surface area contributed by atoms with Crippen molar-refractivity contribution in [2.24, 2.45) is 33.7 Å². The lowest BCUT2D eigenvalue weighted by Gasteiger charge is -2.26. The Kier molecular flexibility index (Phi) is 34.3. The van der Waals surface area contributed by atoms with Gasteiger partial charge in [-0.15, -0.1) is 0 Å². The van der Waals surface area contributed by atoms with E-state index in [2.05, 4.69) is 31.0 Å². The highest BCUT2D eigenvalue weighted by atomic mass is 16.2. The lowest BCUT2D eigenvalue weighted by Crippen LogP contribution is -2.59. The van der Waals surface area contributed by atoms with Crippen LogP contribution in [-0.4, -0.2) is 59.0 Å². The molecule has 0 heterocycles. The molecule has 54 heavy (non-hydrogen) atoms. The average molecular weight is 762 g/mol. The van der Waals surface area contributed by atoms with E-state index >= 15 is 0 Å². The summed E-state index contributed by atoms with van der Waals surface area (Å²) < 4.78 is 0. The van der Waals surface area contributed by atoms with Crippen molar-refractivity contribution in [2.45, 2.75) is 225 Å². The van der Waals surface area contributed by atoms with E-state index in [0.717, 1.165) is 57.8 Å². The molecule has 11 nitrogen and oxygen atoms in total. The first-order chi connectivity index (χ1) is 26.1. The molecule has 0 aromatic heterocycles. The van der Waals surface area contributed by atoms with Crippen molar-refractivity contribution in [3.05, 3.63) is 12.2 Å². The lowest BCUT2D eigenvalue weighted by atomic mass is 9.97. The fraction of sp³-hybridized carbons (Fsp3) is 0.837. The number of nitrogens with two attached hydrogens (primary N) is 5. The van der Waals surface area contributed by atoms with Gasteiger partial charge in [0, 0.05) is 31.8 Å². The summed E-state index contributed by atoms with van der Waals surface area (Å²) in [6.45, 7) is 4.72. The Labute approximate surface area is 329 Å². The van der Waals surface area contributed by atoms with Gasteiger partial charge in [0.25, 0.3) is 5.91 Å². The Bertz CT molecular complexity index is 1030. The van der Waals surface area contributed by atoms with Crippen LogP contribution in [-0.2, 0) is 19.2 Å². The summed E-state index contributed by atoms with van der Waals surface area (Å²) in [4.78, 5) is 57.7. The van der Waals surface area contributed by atoms with Crippen LogP contribution in [0, 0.1) is 0 Å². The van der Waals surface area contributed by atoms with Crippen LogP contribution >= 0.6 is 0 Å². The third-order valence-electron chi connectivity index (χ3n) is 10.2. The van der Waals surface area contributed by atoms with Crippen LogP contribution in [0.25, 0.3) is 0 Å². The van der Waals surface area contributed by atoms with E-state index in [-0.39, 0.29) is 31.8 Å². The number of nitrogens with zero attached hydrogens (tertiary/aromatic N) is 2. The minimum atomic E-state index is -1.55. The summed E-state index contributed by atoms with van der Waals surface area (Å²) in [5.74, 6) is -2.69. The SMILES string of the molecule is CCCCCCCC/C=C\CCCCCCCC(=O)N(C(=O)CCCCCCCCCCCCCCC)C(=O)C(N)C(N)C(=O)C[C@@H](N)CCN=C(N)N. The first-order valence-electron chi connectivity index (χ1n) is 22.0. The van der Waals surface area contributed by atoms with Crippen molar-refractivity contribution < 1.29 is 19.2 Å². The summed E-state index contributed by atoms with van der Waals surface area (Å²) in [6.07, 6.45) is 34.6. The zero-order valence-corrected chi connectivity index (χ0v) is 34.7. The first kappa shape index (κ1) is 51.4. The third-order valence-corrected chi connectivity index (χ3v) is 10.2. The summed E-state index contributed by atoms with van der Waals surface area (Å²) in [7, 11) is 0. The van der Waals surface area contributed by atoms with Crippen molar-refractivity contribution >= 4 is 29.5 Å². The maximum Gasteiger partial charge on any atom is 0.255 e. The van der Waals surface area contributed by atoms with E-state index in [9.17, 15) is 19.2 Å². The molecule has 11 heteroatoms. The number of allylic oxidation sites excluding steroid dienone is 2. The number of carbonyl (C=O) groups is 4. The average Bonchev–Trinajstić information content (AvgIpc) is 3.14. The molecule has 3 amide bonds. The molecule has 0 aliphatic rings. The predicted octanol–water partition coefficient (Wildman–Crippen LogP) is 7.99. The number of rotatable bonds is 37. The fourth-order valence-corrected chi connectivity index (χ4v) is 6.61. The highest BCUT2D eigenvalue weighted by Gasteiger charge is 2.36. The highest BCUT2D eigenvalue weighted by molar-refractivity contribution is 6.13. The molecule has 0 aliphatic carbocycles. The van der Waals surface area contributed by atoms with Crippen LogP contribution in [0.1, 0.15) is 206 Å². The second-order valence-corrected chi connectivity index (χ2v) is 15.4. The number of aliphatic imine (C=N–C) groups is 1. The molecule has 0 aromatic rings. The third kappa shape index (κ3) is 28.8. The van der Waals surface area contributed by atoms with E-state index < -0.39 is 41.6 Å². The largest absolute Gasteiger partial charge is 0.370 e. The number of ketones is 1. The summed E-state index contributed by atoms with van der Waals surface area (Å²) >= 11 is 0. The van der Waals surface area contributed by atoms with Gasteiger partial charge in [0.05, 0.1) is 6.04 Å². The molecule has 314 valence electrons. The van der Waals surface area contributed by atoms with E-state index in [1.165, 1.54) is 96.3 Å². The van der Waals surface area contributed by atoms with Gasteiger partial charge in [0.2, 0.25) is 11.8 Å². The van der Waals surface area contributed by atoms with E-state index in [0.29, 0.717) is 24.2 Å². The number of guanidine groups is 1. The van der Waals surface area contributed by atoms with Gasteiger partial charge < -0.3 is 28.7 Å². The van der Waals surface area contributed by atoms with Gasteiger partial charge in [0.1, 0.15) is 6.04 Å². The molecule has 0 saturated heterocycles. The van der Waals surface area contributed by atoms with Gasteiger partial charge in [0.15, 0.2) is 11.7 Å². The van der Waals surface area contributed by atoms with Crippen LogP contribution in [0.4, 0.5) is 0 Å². The van der Waals surface area contributed by atoms with Gasteiger partial charge >= 0.3 is 0 Å². The van der Waals surface area contributed by atoms with Gasteiger partial charge in [-0.25, -0.2) is 4.90 Å². The molecular formula is C43H83N7O4. The maximum atomic E-state index is 13.5. The first-order valence-corrected chi connectivity index (χ1v) is 22.0. The number of unbranched alkanes of at least 4 members (excludes halogenated alkanes) is 23. The standard InChI is InChI=1S/C43H83N7O4/c1-3-5-7-9-11-13-15-17-18-20-22-24-26-28-30-32-39(53)50(38(52)31-29-27-25-23-21-19-16-14-12-10-8-6-4-2)42(54)41(46)40(45)37(51)35-36(44)33-34-49-43(47)48/h17-18,36,40-41H,3-16,19-35,44-46H2,1-2H3,(H4,47,48,49)/b18-17-/t36-,40?,41?/m0/s1. The van der Waals surface area contributed by atoms with Gasteiger partial charge in [-0.3, -0.25) is 24.2 Å². The summed E-state index contributed by atoms with van der Waals surface area (Å²) in [5.41, 5.74) is 29.0. The van der Waals surface area contributed by atoms with Crippen molar-refractivity contribution in [3.8, 4) is 0 Å². The minimum Gasteiger partial charge on any atom is -0.370 e. The Morgan fingerprint density at radius 2 is 0.907 bits per heavy atom. The topological polar surface area (TPSA) is 214 Å². The van der Waals surface area contributed by atoms with Gasteiger partial charge in [-0.2, -0.15) is 0 Å². The number of hydrogen-bond acceptors (Lipinski definition) is 8. The normalized spacial score (nSPS) is 13.1. The molecular weight excluding hydrogens is 679 g/mol. The zero-order valence-electron chi connectivity index (χ0n) is 34.7. The predicted molar refractivity (Wildman–Crippen MR) is 225 cm³/mol. The zero-order chi connectivity index (χ0) is 40.2. The van der Waals surface area contributed by atoms with Crippen molar-refractivity contribution in [3.63, 3.8) is 0 Å². The van der Waals surface area contributed by atoms with E-state index in [4.69, 9.17) is 28.7 Å². The lowest BCUT2D eigenvalue weighted by molar-refractivity contribution is -0.155. The molecule has 10 N–H and O–H groups in total. The molecule has 0 aliphatic heterocycles. The van der Waals surface area contributed by atoms with Gasteiger partial charge in [-0.05, 0) is 44.9 Å². The van der Waals surface area contributed by atoms with Crippen LogP contribution in [0.5, 0.6) is 0 Å². The molecule has 3 atom stereocenters. The molecule has 0 fully saturated rings. The van der Waals surface area contributed by atoms with Crippen LogP contribution < -0.4 is 28.7 Å². The number of hydrogen-bond donors (Lipinski definition) is 5. The Balaban J connectivity index is 4.88. The molecule has 0 saturated carbocycles. The van der Waals surface area contributed by atoms with Crippen molar-refractivity contribution in [1.82, 2.24) is 4.90 Å². The molecule has 0 aromatic carbocycles. The molecule has 0 radical (unpaired) electrons. The fourth-order valence-electron chi connectivity index (χ4n) is 6.61. The van der Waals surface area contributed by atoms with E-state index in [1.807, 2.05) is 0 Å². The van der Waals surface area contributed by atoms with Crippen LogP contribution in [0.2, 0.25) is 0 Å². The number of imide groups is 3. The molecule has 0 rings (SSSR count). The smallest absolute Gasteiger partial charge is 0.255 e. The number of carbonyl (C=O) groups excluding carboxylic acids is 4. The molecule has 2 unspecified atom stereocenters. The second-order valence-electron chi connectivity index (χ2n) is 15.4. The van der Waals surface area contributed by atoms with Gasteiger partial charge in [-0.1, -0.05) is 154 Å².